The fourth-order valence-corrected chi connectivity index (χ4v) is 3.72. The minimum Gasteiger partial charge on any atom is -0.380 e. The van der Waals surface area contributed by atoms with Gasteiger partial charge in [-0.2, -0.15) is 4.31 Å². The summed E-state index contributed by atoms with van der Waals surface area (Å²) in [7, 11) is -3.45. The van der Waals surface area contributed by atoms with Gasteiger partial charge in [-0.05, 0) is 18.1 Å². The Labute approximate surface area is 108 Å². The van der Waals surface area contributed by atoms with Crippen molar-refractivity contribution in [2.75, 3.05) is 26.3 Å². The molecule has 18 heavy (non-hydrogen) atoms. The van der Waals surface area contributed by atoms with Crippen LogP contribution < -0.4 is 5.73 Å². The summed E-state index contributed by atoms with van der Waals surface area (Å²) in [6.45, 7) is 2.19. The first kappa shape index (κ1) is 13.5. The molecule has 0 radical (unpaired) electrons. The molecule has 1 heterocycles. The van der Waals surface area contributed by atoms with Crippen molar-refractivity contribution in [3.8, 4) is 0 Å². The van der Waals surface area contributed by atoms with E-state index < -0.39 is 10.0 Å². The van der Waals surface area contributed by atoms with E-state index in [1.54, 1.807) is 24.3 Å². The van der Waals surface area contributed by atoms with Crippen molar-refractivity contribution in [2.45, 2.75) is 17.9 Å². The van der Waals surface area contributed by atoms with Gasteiger partial charge in [0.2, 0.25) is 10.0 Å². The molecule has 0 spiro atoms. The van der Waals surface area contributed by atoms with Gasteiger partial charge in [0.1, 0.15) is 0 Å². The van der Waals surface area contributed by atoms with Gasteiger partial charge in [0.15, 0.2) is 0 Å². The number of hydrogen-bond donors (Lipinski definition) is 1. The molecule has 6 heteroatoms. The summed E-state index contributed by atoms with van der Waals surface area (Å²) in [4.78, 5) is 0.314. The van der Waals surface area contributed by atoms with Crippen molar-refractivity contribution in [2.24, 2.45) is 5.73 Å². The zero-order valence-corrected chi connectivity index (χ0v) is 11.0. The molecule has 1 aromatic rings. The predicted molar refractivity (Wildman–Crippen MR) is 68.5 cm³/mol. The van der Waals surface area contributed by atoms with Crippen LogP contribution >= 0.6 is 0 Å². The van der Waals surface area contributed by atoms with E-state index in [2.05, 4.69) is 0 Å². The Bertz CT molecular complexity index is 494. The highest BCUT2D eigenvalue weighted by atomic mass is 32.2. The fourth-order valence-electron chi connectivity index (χ4n) is 2.03. The zero-order chi connectivity index (χ0) is 13.0. The van der Waals surface area contributed by atoms with Crippen LogP contribution in [-0.4, -0.2) is 39.0 Å². The summed E-state index contributed by atoms with van der Waals surface area (Å²) in [5.74, 6) is 0. The van der Waals surface area contributed by atoms with Crippen LogP contribution in [0.25, 0.3) is 0 Å². The molecule has 1 fully saturated rings. The second kappa shape index (κ2) is 5.79. The highest BCUT2D eigenvalue weighted by Gasteiger charge is 2.26. The summed E-state index contributed by atoms with van der Waals surface area (Å²) < 4.78 is 31.8. The third-order valence-electron chi connectivity index (χ3n) is 2.99. The molecule has 1 aromatic carbocycles. The van der Waals surface area contributed by atoms with E-state index in [0.29, 0.717) is 36.8 Å². The van der Waals surface area contributed by atoms with Gasteiger partial charge in [-0.1, -0.05) is 18.2 Å². The number of benzene rings is 1. The molecular formula is C12H18N2O3S. The second-order valence-corrected chi connectivity index (χ2v) is 6.09. The number of ether oxygens (including phenoxy) is 1. The first-order chi connectivity index (χ1) is 8.66. The average Bonchev–Trinajstić information content (AvgIpc) is 2.68. The van der Waals surface area contributed by atoms with Gasteiger partial charge in [0.05, 0.1) is 11.5 Å². The molecular weight excluding hydrogens is 252 g/mol. The molecule has 1 aliphatic rings. The van der Waals surface area contributed by atoms with Gasteiger partial charge in [-0.15, -0.1) is 0 Å². The lowest BCUT2D eigenvalue weighted by atomic mass is 10.2. The van der Waals surface area contributed by atoms with Crippen LogP contribution in [0.5, 0.6) is 0 Å². The maximum atomic E-state index is 12.5. The molecule has 0 bridgehead atoms. The maximum Gasteiger partial charge on any atom is 0.243 e. The second-order valence-electron chi connectivity index (χ2n) is 4.18. The Balaban J connectivity index is 2.34. The van der Waals surface area contributed by atoms with Gasteiger partial charge in [0.25, 0.3) is 0 Å². The third kappa shape index (κ3) is 2.72. The predicted octanol–water partition coefficient (Wildman–Crippen LogP) is 0.556. The first-order valence-electron chi connectivity index (χ1n) is 6.02. The number of hydrogen-bond acceptors (Lipinski definition) is 4. The van der Waals surface area contributed by atoms with Crippen molar-refractivity contribution in [1.29, 1.82) is 0 Å². The fraction of sp³-hybridized carbons (Fsp3) is 0.500. The lowest BCUT2D eigenvalue weighted by molar-refractivity contribution is 0.148. The van der Waals surface area contributed by atoms with E-state index in [1.807, 2.05) is 0 Å². The Hall–Kier alpha value is -0.950. The Morgan fingerprint density at radius 3 is 2.78 bits per heavy atom. The quantitative estimate of drug-likeness (QED) is 0.871. The lowest BCUT2D eigenvalue weighted by Gasteiger charge is -2.20. The summed E-state index contributed by atoms with van der Waals surface area (Å²) in [6, 6.07) is 6.89. The summed E-state index contributed by atoms with van der Waals surface area (Å²) >= 11 is 0. The van der Waals surface area contributed by atoms with Crippen molar-refractivity contribution in [3.05, 3.63) is 29.8 Å². The van der Waals surface area contributed by atoms with Gasteiger partial charge in [0, 0.05) is 26.2 Å². The first-order valence-corrected chi connectivity index (χ1v) is 7.46. The van der Waals surface area contributed by atoms with E-state index in [-0.39, 0.29) is 6.54 Å². The molecule has 1 aliphatic heterocycles. The van der Waals surface area contributed by atoms with Crippen molar-refractivity contribution < 1.29 is 13.2 Å². The molecule has 100 valence electrons. The van der Waals surface area contributed by atoms with Crippen LogP contribution in [0.15, 0.2) is 29.2 Å². The highest BCUT2D eigenvalue weighted by molar-refractivity contribution is 7.89. The van der Waals surface area contributed by atoms with Gasteiger partial charge >= 0.3 is 0 Å². The molecule has 0 aliphatic carbocycles. The average molecular weight is 270 g/mol. The summed E-state index contributed by atoms with van der Waals surface area (Å²) in [6.07, 6.45) is 0.726. The molecule has 0 saturated carbocycles. The smallest absolute Gasteiger partial charge is 0.243 e. The standard InChI is InChI=1S/C12H18N2O3S/c13-10-11-4-1-2-5-12(11)18(15,16)14-6-3-8-17-9-7-14/h1-2,4-5H,3,6-10,13H2. The molecule has 0 amide bonds. The molecule has 0 atom stereocenters. The van der Waals surface area contributed by atoms with E-state index in [1.165, 1.54) is 4.31 Å². The highest BCUT2D eigenvalue weighted by Crippen LogP contribution is 2.20. The van der Waals surface area contributed by atoms with Crippen molar-refractivity contribution >= 4 is 10.0 Å². The van der Waals surface area contributed by atoms with Crippen molar-refractivity contribution in [1.82, 2.24) is 4.31 Å². The van der Waals surface area contributed by atoms with Crippen LogP contribution in [0.3, 0.4) is 0 Å². The van der Waals surface area contributed by atoms with Crippen LogP contribution in [0.1, 0.15) is 12.0 Å². The van der Waals surface area contributed by atoms with E-state index >= 15 is 0 Å². The Morgan fingerprint density at radius 1 is 1.22 bits per heavy atom. The monoisotopic (exact) mass is 270 g/mol. The van der Waals surface area contributed by atoms with Crippen LogP contribution in [0.4, 0.5) is 0 Å². The SMILES string of the molecule is NCc1ccccc1S(=O)(=O)N1CCCOCC1. The maximum absolute atomic E-state index is 12.5. The number of sulfonamides is 1. The Morgan fingerprint density at radius 2 is 2.00 bits per heavy atom. The molecule has 0 aromatic heterocycles. The van der Waals surface area contributed by atoms with Crippen LogP contribution in [0.2, 0.25) is 0 Å². The minimum atomic E-state index is -3.45. The van der Waals surface area contributed by atoms with Crippen molar-refractivity contribution in [3.63, 3.8) is 0 Å². The largest absolute Gasteiger partial charge is 0.380 e. The molecule has 0 unspecified atom stereocenters. The summed E-state index contributed by atoms with van der Waals surface area (Å²) in [5.41, 5.74) is 6.26. The van der Waals surface area contributed by atoms with Gasteiger partial charge in [-0.25, -0.2) is 8.42 Å². The molecule has 2 rings (SSSR count). The van der Waals surface area contributed by atoms with Gasteiger partial charge < -0.3 is 10.5 Å². The van der Waals surface area contributed by atoms with E-state index in [4.69, 9.17) is 10.5 Å². The molecule has 1 saturated heterocycles. The van der Waals surface area contributed by atoms with E-state index in [9.17, 15) is 8.42 Å². The number of rotatable bonds is 3. The molecule has 5 nitrogen and oxygen atoms in total. The zero-order valence-electron chi connectivity index (χ0n) is 10.2. The lowest BCUT2D eigenvalue weighted by Crippen LogP contribution is -2.34. The number of nitrogens with two attached hydrogens (primary N) is 1. The Kier molecular flexibility index (Phi) is 4.34. The van der Waals surface area contributed by atoms with E-state index in [0.717, 1.165) is 6.42 Å². The van der Waals surface area contributed by atoms with Crippen LogP contribution in [0, 0.1) is 0 Å². The minimum absolute atomic E-state index is 0.222. The third-order valence-corrected chi connectivity index (χ3v) is 4.99. The topological polar surface area (TPSA) is 72.6 Å². The molecule has 2 N–H and O–H groups in total. The summed E-state index contributed by atoms with van der Waals surface area (Å²) in [5, 5.41) is 0. The number of nitrogens with zero attached hydrogens (tertiary/aromatic N) is 1. The van der Waals surface area contributed by atoms with Gasteiger partial charge in [-0.3, -0.25) is 0 Å². The van der Waals surface area contributed by atoms with Crippen LogP contribution in [-0.2, 0) is 21.3 Å². The normalized spacial score (nSPS) is 18.5.